The van der Waals surface area contributed by atoms with Gasteiger partial charge < -0.3 is 24.8 Å². The van der Waals surface area contributed by atoms with Crippen LogP contribution in [0.4, 0.5) is 0 Å². The fourth-order valence-electron chi connectivity index (χ4n) is 3.66. The van der Waals surface area contributed by atoms with Gasteiger partial charge in [-0.25, -0.2) is 0 Å². The lowest BCUT2D eigenvalue weighted by molar-refractivity contribution is -0.0450. The summed E-state index contributed by atoms with van der Waals surface area (Å²) in [5, 5.41) is 27.6. The summed E-state index contributed by atoms with van der Waals surface area (Å²) in [5.41, 5.74) is 1.34. The van der Waals surface area contributed by atoms with Gasteiger partial charge in [-0.1, -0.05) is 84.3 Å². The summed E-state index contributed by atoms with van der Waals surface area (Å²) in [7, 11) is 0. The Morgan fingerprint density at radius 2 is 1.26 bits per heavy atom. The van der Waals surface area contributed by atoms with Crippen molar-refractivity contribution in [1.82, 2.24) is 0 Å². The van der Waals surface area contributed by atoms with Gasteiger partial charge in [-0.05, 0) is 37.5 Å². The minimum Gasteiger partial charge on any atom is -0.394 e. The van der Waals surface area contributed by atoms with Crippen molar-refractivity contribution in [3.63, 3.8) is 0 Å². The molecule has 3 N–H and O–H groups in total. The van der Waals surface area contributed by atoms with E-state index in [-0.39, 0.29) is 26.4 Å². The largest absolute Gasteiger partial charge is 0.394 e. The van der Waals surface area contributed by atoms with Gasteiger partial charge in [0.2, 0.25) is 0 Å². The summed E-state index contributed by atoms with van der Waals surface area (Å²) in [4.78, 5) is 0. The van der Waals surface area contributed by atoms with Gasteiger partial charge in [0.1, 0.15) is 12.2 Å². The summed E-state index contributed by atoms with van der Waals surface area (Å²) in [6.45, 7) is 12.0. The summed E-state index contributed by atoms with van der Waals surface area (Å²) in [6.07, 6.45) is 12.3. The molecular formula is C26H52O5. The summed E-state index contributed by atoms with van der Waals surface area (Å²) < 4.78 is 10.6. The second-order valence-electron chi connectivity index (χ2n) is 9.97. The molecule has 0 aliphatic carbocycles. The van der Waals surface area contributed by atoms with E-state index in [1.54, 1.807) is 0 Å². The summed E-state index contributed by atoms with van der Waals surface area (Å²) >= 11 is 0. The number of aliphatic hydroxyl groups excluding tert-OH is 3. The molecule has 0 saturated carbocycles. The molecule has 0 spiro atoms. The van der Waals surface area contributed by atoms with Gasteiger partial charge in [0.15, 0.2) is 0 Å². The maximum absolute atomic E-state index is 9.76. The third-order valence-electron chi connectivity index (χ3n) is 5.83. The van der Waals surface area contributed by atoms with Crippen molar-refractivity contribution in [2.45, 2.75) is 105 Å². The minimum absolute atomic E-state index is 0.0162. The molecule has 0 radical (unpaired) electrons. The second kappa shape index (κ2) is 20.2. The number of hydrogen-bond acceptors (Lipinski definition) is 5. The molecule has 5 heteroatoms. The number of allylic oxidation sites excluding steroid dienone is 1. The first-order valence-electron chi connectivity index (χ1n) is 12.5. The van der Waals surface area contributed by atoms with E-state index in [2.05, 4.69) is 40.7 Å². The Labute approximate surface area is 192 Å². The van der Waals surface area contributed by atoms with E-state index in [0.29, 0.717) is 6.61 Å². The number of hydrogen-bond donors (Lipinski definition) is 3. The molecule has 0 bridgehead atoms. The Bertz CT molecular complexity index is 424. The van der Waals surface area contributed by atoms with Gasteiger partial charge in [0.05, 0.1) is 33.0 Å². The quantitative estimate of drug-likeness (QED) is 0.169. The number of rotatable bonds is 21. The van der Waals surface area contributed by atoms with Crippen LogP contribution in [0.5, 0.6) is 0 Å². The summed E-state index contributed by atoms with van der Waals surface area (Å²) in [5.74, 6) is 2.50. The maximum atomic E-state index is 9.76. The van der Waals surface area contributed by atoms with Gasteiger partial charge in [0, 0.05) is 0 Å². The van der Waals surface area contributed by atoms with Gasteiger partial charge in [-0.2, -0.15) is 0 Å². The number of aliphatic hydroxyl groups is 3. The van der Waals surface area contributed by atoms with E-state index in [9.17, 15) is 5.11 Å². The zero-order chi connectivity index (χ0) is 23.5. The Morgan fingerprint density at radius 3 is 1.84 bits per heavy atom. The highest BCUT2D eigenvalue weighted by atomic mass is 16.5. The normalized spacial score (nSPS) is 16.5. The standard InChI is InChI=1S/C26H52O5/c1-21(2)9-6-10-22(3)11-7-12-23(4)13-8-14-24(5)15-16-30-19-26(29)20-31-18-25(28)17-27/h15,21-23,25-29H,6-14,16-20H2,1-5H3. The van der Waals surface area contributed by atoms with Crippen molar-refractivity contribution >= 4 is 0 Å². The van der Waals surface area contributed by atoms with Crippen LogP contribution in [0.3, 0.4) is 0 Å². The lowest BCUT2D eigenvalue weighted by Gasteiger charge is -2.15. The van der Waals surface area contributed by atoms with E-state index >= 15 is 0 Å². The van der Waals surface area contributed by atoms with E-state index in [4.69, 9.17) is 19.7 Å². The molecule has 0 heterocycles. The smallest absolute Gasteiger partial charge is 0.101 e. The molecular weight excluding hydrogens is 392 g/mol. The lowest BCUT2D eigenvalue weighted by Crippen LogP contribution is -2.26. The Balaban J connectivity index is 3.67. The molecule has 0 aliphatic heterocycles. The van der Waals surface area contributed by atoms with Crippen molar-refractivity contribution in [1.29, 1.82) is 0 Å². The lowest BCUT2D eigenvalue weighted by atomic mass is 9.91. The third-order valence-corrected chi connectivity index (χ3v) is 5.83. The van der Waals surface area contributed by atoms with Gasteiger partial charge >= 0.3 is 0 Å². The van der Waals surface area contributed by atoms with Crippen LogP contribution in [-0.4, -0.2) is 60.6 Å². The van der Waals surface area contributed by atoms with Crippen LogP contribution < -0.4 is 0 Å². The van der Waals surface area contributed by atoms with Crippen LogP contribution in [0.1, 0.15) is 92.4 Å². The van der Waals surface area contributed by atoms with E-state index in [0.717, 1.165) is 24.2 Å². The molecule has 4 atom stereocenters. The monoisotopic (exact) mass is 444 g/mol. The average molecular weight is 445 g/mol. The van der Waals surface area contributed by atoms with Crippen LogP contribution in [0.25, 0.3) is 0 Å². The highest BCUT2D eigenvalue weighted by molar-refractivity contribution is 4.97. The van der Waals surface area contributed by atoms with Crippen LogP contribution in [0.15, 0.2) is 11.6 Å². The predicted octanol–water partition coefficient (Wildman–Crippen LogP) is 5.12. The molecule has 0 fully saturated rings. The van der Waals surface area contributed by atoms with E-state index in [1.807, 2.05) is 0 Å². The van der Waals surface area contributed by atoms with Gasteiger partial charge in [-0.15, -0.1) is 0 Å². The Kier molecular flexibility index (Phi) is 19.9. The molecule has 186 valence electrons. The van der Waals surface area contributed by atoms with Crippen molar-refractivity contribution in [2.24, 2.45) is 17.8 Å². The Hall–Kier alpha value is -0.460. The molecule has 4 unspecified atom stereocenters. The number of ether oxygens (including phenoxy) is 2. The second-order valence-corrected chi connectivity index (χ2v) is 9.97. The first-order valence-corrected chi connectivity index (χ1v) is 12.5. The first-order chi connectivity index (χ1) is 14.7. The molecule has 31 heavy (non-hydrogen) atoms. The highest BCUT2D eigenvalue weighted by Crippen LogP contribution is 2.22. The fourth-order valence-corrected chi connectivity index (χ4v) is 3.66. The third kappa shape index (κ3) is 21.2. The van der Waals surface area contributed by atoms with Crippen LogP contribution in [0.2, 0.25) is 0 Å². The van der Waals surface area contributed by atoms with Crippen molar-refractivity contribution in [3.8, 4) is 0 Å². The minimum atomic E-state index is -0.899. The van der Waals surface area contributed by atoms with E-state index < -0.39 is 12.2 Å². The van der Waals surface area contributed by atoms with Crippen LogP contribution >= 0.6 is 0 Å². The molecule has 0 aliphatic rings. The molecule has 0 aromatic heterocycles. The molecule has 5 nitrogen and oxygen atoms in total. The van der Waals surface area contributed by atoms with E-state index in [1.165, 1.54) is 56.9 Å². The molecule has 0 aromatic rings. The Morgan fingerprint density at radius 1 is 0.742 bits per heavy atom. The van der Waals surface area contributed by atoms with Crippen molar-refractivity contribution in [3.05, 3.63) is 11.6 Å². The molecule has 0 saturated heterocycles. The average Bonchev–Trinajstić information content (AvgIpc) is 2.70. The molecule has 0 amide bonds. The molecule has 0 aromatic carbocycles. The predicted molar refractivity (Wildman–Crippen MR) is 129 cm³/mol. The fraction of sp³-hybridized carbons (Fsp3) is 0.923. The highest BCUT2D eigenvalue weighted by Gasteiger charge is 2.08. The van der Waals surface area contributed by atoms with Crippen LogP contribution in [-0.2, 0) is 9.47 Å². The molecule has 0 rings (SSSR count). The first kappa shape index (κ1) is 30.5. The topological polar surface area (TPSA) is 79.2 Å². The van der Waals surface area contributed by atoms with Gasteiger partial charge in [-0.3, -0.25) is 0 Å². The van der Waals surface area contributed by atoms with Gasteiger partial charge in [0.25, 0.3) is 0 Å². The zero-order valence-corrected chi connectivity index (χ0v) is 21.0. The summed E-state index contributed by atoms with van der Waals surface area (Å²) in [6, 6.07) is 0. The zero-order valence-electron chi connectivity index (χ0n) is 21.0. The van der Waals surface area contributed by atoms with Crippen molar-refractivity contribution < 1.29 is 24.8 Å². The van der Waals surface area contributed by atoms with Crippen LogP contribution in [0, 0.1) is 17.8 Å². The van der Waals surface area contributed by atoms with Crippen molar-refractivity contribution in [2.75, 3.05) is 33.0 Å². The maximum Gasteiger partial charge on any atom is 0.101 e. The SMILES string of the molecule is CC(=CCOCC(O)COCC(O)CO)CCCC(C)CCCC(C)CCCC(C)C.